The third-order valence-electron chi connectivity index (χ3n) is 2.74. The topological polar surface area (TPSA) is 75.6 Å². The van der Waals surface area contributed by atoms with Crippen molar-refractivity contribution in [1.82, 2.24) is 5.32 Å². The predicted molar refractivity (Wildman–Crippen MR) is 67.3 cm³/mol. The minimum atomic E-state index is -0.961. The standard InChI is InChI=1S/C13H20FNO4/c1-13(2,3)19-12(18)15-10-7-9(14)5-4-8(10)6-11(16)17/h7-8,10H,4-6H2,1-3H3,(H,15,18)(H,16,17). The fourth-order valence-electron chi connectivity index (χ4n) is 1.97. The first-order valence-corrected chi connectivity index (χ1v) is 6.25. The minimum Gasteiger partial charge on any atom is -0.481 e. The molecule has 2 N–H and O–H groups in total. The van der Waals surface area contributed by atoms with Crippen molar-refractivity contribution in [3.05, 3.63) is 11.9 Å². The van der Waals surface area contributed by atoms with Gasteiger partial charge in [0.1, 0.15) is 5.60 Å². The Balaban J connectivity index is 2.67. The second kappa shape index (κ2) is 6.04. The summed E-state index contributed by atoms with van der Waals surface area (Å²) in [6.45, 7) is 5.16. The highest BCUT2D eigenvalue weighted by Gasteiger charge is 2.29. The highest BCUT2D eigenvalue weighted by molar-refractivity contribution is 5.70. The van der Waals surface area contributed by atoms with Gasteiger partial charge >= 0.3 is 12.1 Å². The SMILES string of the molecule is CC(C)(C)OC(=O)NC1C=C(F)CCC1CC(=O)O. The van der Waals surface area contributed by atoms with Gasteiger partial charge in [-0.05, 0) is 45.6 Å². The number of hydrogen-bond donors (Lipinski definition) is 2. The fourth-order valence-corrected chi connectivity index (χ4v) is 1.97. The highest BCUT2D eigenvalue weighted by atomic mass is 19.1. The summed E-state index contributed by atoms with van der Waals surface area (Å²) in [6, 6.07) is -0.639. The van der Waals surface area contributed by atoms with E-state index in [9.17, 15) is 14.0 Å². The summed E-state index contributed by atoms with van der Waals surface area (Å²) in [6.07, 6.45) is 1.10. The van der Waals surface area contributed by atoms with E-state index in [0.717, 1.165) is 0 Å². The van der Waals surface area contributed by atoms with Crippen molar-refractivity contribution in [2.75, 3.05) is 0 Å². The van der Waals surface area contributed by atoms with Crippen molar-refractivity contribution >= 4 is 12.1 Å². The lowest BCUT2D eigenvalue weighted by molar-refractivity contribution is -0.138. The van der Waals surface area contributed by atoms with Gasteiger partial charge in [-0.15, -0.1) is 0 Å². The molecule has 1 aliphatic carbocycles. The maximum atomic E-state index is 13.3. The number of aliphatic carboxylic acids is 1. The molecule has 0 saturated heterocycles. The smallest absolute Gasteiger partial charge is 0.408 e. The molecule has 2 atom stereocenters. The van der Waals surface area contributed by atoms with Crippen molar-refractivity contribution in [2.45, 2.75) is 51.7 Å². The second-order valence-electron chi connectivity index (χ2n) is 5.68. The van der Waals surface area contributed by atoms with Crippen molar-refractivity contribution in [3.8, 4) is 0 Å². The average Bonchev–Trinajstić information content (AvgIpc) is 2.18. The molecule has 0 aromatic rings. The number of amides is 1. The predicted octanol–water partition coefficient (Wildman–Crippen LogP) is 2.62. The summed E-state index contributed by atoms with van der Waals surface area (Å²) in [4.78, 5) is 22.4. The van der Waals surface area contributed by atoms with Gasteiger partial charge in [0.25, 0.3) is 0 Å². The number of allylic oxidation sites excluding steroid dienone is 1. The lowest BCUT2D eigenvalue weighted by atomic mass is 9.86. The molecule has 2 unspecified atom stereocenters. The van der Waals surface area contributed by atoms with Crippen LogP contribution in [0.1, 0.15) is 40.0 Å². The quantitative estimate of drug-likeness (QED) is 0.828. The molecule has 6 heteroatoms. The summed E-state index contributed by atoms with van der Waals surface area (Å²) in [7, 11) is 0. The molecule has 108 valence electrons. The van der Waals surface area contributed by atoms with Crippen LogP contribution in [0.3, 0.4) is 0 Å². The van der Waals surface area contributed by atoms with E-state index >= 15 is 0 Å². The van der Waals surface area contributed by atoms with Crippen LogP contribution in [-0.4, -0.2) is 28.8 Å². The van der Waals surface area contributed by atoms with Gasteiger partial charge in [0, 0.05) is 0 Å². The Bertz CT molecular complexity index is 387. The van der Waals surface area contributed by atoms with E-state index in [4.69, 9.17) is 9.84 Å². The van der Waals surface area contributed by atoms with Gasteiger partial charge in [0.05, 0.1) is 18.3 Å². The molecule has 0 bridgehead atoms. The minimum absolute atomic E-state index is 0.107. The maximum absolute atomic E-state index is 13.3. The number of carboxylic acids is 1. The summed E-state index contributed by atoms with van der Waals surface area (Å²) < 4.78 is 18.3. The number of carboxylic acid groups (broad SMARTS) is 1. The molecular weight excluding hydrogens is 253 g/mol. The Kier molecular flexibility index (Phi) is 4.91. The lowest BCUT2D eigenvalue weighted by Crippen LogP contribution is -2.43. The lowest BCUT2D eigenvalue weighted by Gasteiger charge is -2.29. The number of carbonyl (C=O) groups is 2. The average molecular weight is 273 g/mol. The van der Waals surface area contributed by atoms with Gasteiger partial charge in [-0.2, -0.15) is 0 Å². The summed E-state index contributed by atoms with van der Waals surface area (Å²) in [5.74, 6) is -1.61. The van der Waals surface area contributed by atoms with Crippen LogP contribution < -0.4 is 5.32 Å². The molecule has 0 heterocycles. The third-order valence-corrected chi connectivity index (χ3v) is 2.74. The number of ether oxygens (including phenoxy) is 1. The number of halogens is 1. The number of carbonyl (C=O) groups excluding carboxylic acids is 1. The molecule has 0 aromatic carbocycles. The van der Waals surface area contributed by atoms with E-state index in [1.54, 1.807) is 20.8 Å². The molecule has 0 fully saturated rings. The number of hydrogen-bond acceptors (Lipinski definition) is 3. The van der Waals surface area contributed by atoms with Gasteiger partial charge in [-0.1, -0.05) is 0 Å². The number of rotatable bonds is 3. The molecule has 5 nitrogen and oxygen atoms in total. The highest BCUT2D eigenvalue weighted by Crippen LogP contribution is 2.27. The van der Waals surface area contributed by atoms with Gasteiger partial charge < -0.3 is 15.2 Å². The van der Waals surface area contributed by atoms with Crippen LogP contribution in [0.2, 0.25) is 0 Å². The number of alkyl carbamates (subject to hydrolysis) is 1. The van der Waals surface area contributed by atoms with E-state index in [-0.39, 0.29) is 24.6 Å². The van der Waals surface area contributed by atoms with Crippen LogP contribution >= 0.6 is 0 Å². The van der Waals surface area contributed by atoms with Crippen LogP contribution in [0.15, 0.2) is 11.9 Å². The Morgan fingerprint density at radius 3 is 2.68 bits per heavy atom. The van der Waals surface area contributed by atoms with Gasteiger partial charge in [0.2, 0.25) is 0 Å². The third kappa shape index (κ3) is 5.72. The summed E-state index contributed by atoms with van der Waals surface area (Å²) >= 11 is 0. The molecule has 1 amide bonds. The van der Waals surface area contributed by atoms with Crippen LogP contribution in [0.5, 0.6) is 0 Å². The van der Waals surface area contributed by atoms with Crippen LogP contribution in [0, 0.1) is 5.92 Å². The zero-order valence-corrected chi connectivity index (χ0v) is 11.4. The first-order chi connectivity index (χ1) is 8.67. The monoisotopic (exact) mass is 273 g/mol. The van der Waals surface area contributed by atoms with Crippen molar-refractivity contribution in [2.24, 2.45) is 5.92 Å². The zero-order valence-electron chi connectivity index (χ0n) is 11.4. The van der Waals surface area contributed by atoms with E-state index < -0.39 is 23.7 Å². The van der Waals surface area contributed by atoms with Gasteiger partial charge in [0.15, 0.2) is 0 Å². The summed E-state index contributed by atoms with van der Waals surface area (Å²) in [5, 5.41) is 11.3. The first-order valence-electron chi connectivity index (χ1n) is 6.25. The van der Waals surface area contributed by atoms with E-state index in [1.807, 2.05) is 0 Å². The maximum Gasteiger partial charge on any atom is 0.408 e. The van der Waals surface area contributed by atoms with Crippen LogP contribution in [0.4, 0.5) is 9.18 Å². The molecule has 1 aliphatic rings. The van der Waals surface area contributed by atoms with Crippen LogP contribution in [-0.2, 0) is 9.53 Å². The van der Waals surface area contributed by atoms with Gasteiger partial charge in [-0.25, -0.2) is 9.18 Å². The first kappa shape index (κ1) is 15.5. The second-order valence-corrected chi connectivity index (χ2v) is 5.68. The molecule has 1 rings (SSSR count). The van der Waals surface area contributed by atoms with Crippen molar-refractivity contribution < 1.29 is 23.8 Å². The Hall–Kier alpha value is -1.59. The van der Waals surface area contributed by atoms with Crippen LogP contribution in [0.25, 0.3) is 0 Å². The largest absolute Gasteiger partial charge is 0.481 e. The Morgan fingerprint density at radius 2 is 2.16 bits per heavy atom. The fraction of sp³-hybridized carbons (Fsp3) is 0.692. The zero-order chi connectivity index (χ0) is 14.6. The van der Waals surface area contributed by atoms with E-state index in [2.05, 4.69) is 5.32 Å². The van der Waals surface area contributed by atoms with Crippen molar-refractivity contribution in [1.29, 1.82) is 0 Å². The van der Waals surface area contributed by atoms with Crippen molar-refractivity contribution in [3.63, 3.8) is 0 Å². The molecular formula is C13H20FNO4. The molecule has 0 aliphatic heterocycles. The normalized spacial score (nSPS) is 23.5. The molecule has 0 saturated carbocycles. The molecule has 0 aromatic heterocycles. The number of nitrogens with one attached hydrogen (secondary N) is 1. The van der Waals surface area contributed by atoms with E-state index in [1.165, 1.54) is 6.08 Å². The molecule has 0 radical (unpaired) electrons. The Morgan fingerprint density at radius 1 is 1.53 bits per heavy atom. The summed E-state index contributed by atoms with van der Waals surface area (Å²) in [5.41, 5.74) is -0.650. The molecule has 19 heavy (non-hydrogen) atoms. The van der Waals surface area contributed by atoms with Gasteiger partial charge in [-0.3, -0.25) is 4.79 Å². The Labute approximate surface area is 111 Å². The van der Waals surface area contributed by atoms with E-state index in [0.29, 0.717) is 6.42 Å². The molecule has 0 spiro atoms.